The van der Waals surface area contributed by atoms with Crippen LogP contribution >= 0.6 is 12.4 Å². The molecule has 0 saturated heterocycles. The lowest BCUT2D eigenvalue weighted by Crippen LogP contribution is -2.45. The van der Waals surface area contributed by atoms with Crippen LogP contribution in [0.1, 0.15) is 35.5 Å². The third-order valence-electron chi connectivity index (χ3n) is 3.91. The van der Waals surface area contributed by atoms with Gasteiger partial charge in [-0.2, -0.15) is 0 Å². The maximum Gasteiger partial charge on any atom is 0.259 e. The Kier molecular flexibility index (Phi) is 5.68. The monoisotopic (exact) mass is 374 g/mol. The minimum absolute atomic E-state index is 0. The number of halogens is 1. The van der Waals surface area contributed by atoms with Crippen LogP contribution in [0, 0.1) is 13.8 Å². The van der Waals surface area contributed by atoms with Gasteiger partial charge in [0.1, 0.15) is 0 Å². The van der Waals surface area contributed by atoms with E-state index in [4.69, 9.17) is 10.3 Å². The van der Waals surface area contributed by atoms with Crippen molar-refractivity contribution in [2.45, 2.75) is 33.2 Å². The molecule has 3 rings (SSSR count). The molecule has 0 atom stereocenters. The predicted octanol–water partition coefficient (Wildman–Crippen LogP) is 3.40. The van der Waals surface area contributed by atoms with E-state index >= 15 is 0 Å². The molecular formula is C19H23ClN4O2. The number of nitrogens with two attached hydrogens (primary N) is 1. The number of nitrogens with one attached hydrogen (secondary N) is 1. The van der Waals surface area contributed by atoms with E-state index in [1.54, 1.807) is 13.0 Å². The minimum atomic E-state index is -0.495. The van der Waals surface area contributed by atoms with Crippen molar-refractivity contribution in [2.75, 3.05) is 6.54 Å². The first-order valence-corrected chi connectivity index (χ1v) is 8.16. The summed E-state index contributed by atoms with van der Waals surface area (Å²) < 4.78 is 5.30. The third kappa shape index (κ3) is 4.20. The number of rotatable bonds is 4. The number of aryl methyl sites for hydroxylation is 2. The van der Waals surface area contributed by atoms with E-state index in [1.807, 2.05) is 45.0 Å². The summed E-state index contributed by atoms with van der Waals surface area (Å²) in [5.74, 6) is -0.217. The van der Waals surface area contributed by atoms with Crippen LogP contribution in [-0.4, -0.2) is 28.1 Å². The van der Waals surface area contributed by atoms with E-state index in [0.29, 0.717) is 34.6 Å². The Bertz CT molecular complexity index is 927. The molecule has 0 fully saturated rings. The number of nitrogens with zero attached hydrogens (tertiary/aromatic N) is 2. The molecule has 0 bridgehead atoms. The van der Waals surface area contributed by atoms with Gasteiger partial charge in [0.15, 0.2) is 0 Å². The van der Waals surface area contributed by atoms with Gasteiger partial charge >= 0.3 is 0 Å². The van der Waals surface area contributed by atoms with Crippen LogP contribution in [0.2, 0.25) is 0 Å². The molecule has 138 valence electrons. The fraction of sp³-hybridized carbons (Fsp3) is 0.316. The van der Waals surface area contributed by atoms with Crippen molar-refractivity contribution in [3.8, 4) is 11.3 Å². The number of hydrogen-bond acceptors (Lipinski definition) is 5. The number of pyridine rings is 1. The van der Waals surface area contributed by atoms with E-state index in [1.165, 1.54) is 0 Å². The lowest BCUT2D eigenvalue weighted by molar-refractivity contribution is 0.0947. The number of hydrogen-bond donors (Lipinski definition) is 2. The van der Waals surface area contributed by atoms with Gasteiger partial charge in [0, 0.05) is 17.6 Å². The molecular weight excluding hydrogens is 352 g/mol. The molecule has 1 amide bonds. The molecule has 3 N–H and O–H groups in total. The summed E-state index contributed by atoms with van der Waals surface area (Å²) in [7, 11) is 0. The summed E-state index contributed by atoms with van der Waals surface area (Å²) in [5, 5.41) is 7.46. The fourth-order valence-electron chi connectivity index (χ4n) is 2.55. The molecule has 7 heteroatoms. The maximum atomic E-state index is 12.7. The van der Waals surface area contributed by atoms with Crippen LogP contribution in [0.15, 0.2) is 34.9 Å². The van der Waals surface area contributed by atoms with Gasteiger partial charge in [-0.1, -0.05) is 35.0 Å². The van der Waals surface area contributed by atoms with Crippen molar-refractivity contribution in [3.63, 3.8) is 0 Å². The van der Waals surface area contributed by atoms with Crippen LogP contribution < -0.4 is 11.1 Å². The van der Waals surface area contributed by atoms with E-state index in [0.717, 1.165) is 11.1 Å². The van der Waals surface area contributed by atoms with Crippen LogP contribution in [0.25, 0.3) is 22.4 Å². The highest BCUT2D eigenvalue weighted by molar-refractivity contribution is 6.07. The zero-order valence-corrected chi connectivity index (χ0v) is 16.1. The van der Waals surface area contributed by atoms with Crippen molar-refractivity contribution >= 4 is 29.4 Å². The van der Waals surface area contributed by atoms with E-state index in [2.05, 4.69) is 15.5 Å². The van der Waals surface area contributed by atoms with Gasteiger partial charge in [-0.25, -0.2) is 4.98 Å². The molecule has 2 heterocycles. The number of amides is 1. The molecule has 0 radical (unpaired) electrons. The van der Waals surface area contributed by atoms with Gasteiger partial charge < -0.3 is 15.6 Å². The average Bonchev–Trinajstić information content (AvgIpc) is 2.93. The molecule has 0 aliphatic rings. The fourth-order valence-corrected chi connectivity index (χ4v) is 2.55. The normalized spacial score (nSPS) is 11.3. The molecule has 26 heavy (non-hydrogen) atoms. The van der Waals surface area contributed by atoms with Gasteiger partial charge in [-0.15, -0.1) is 12.4 Å². The number of carbonyl (C=O) groups excluding carboxylic acids is 1. The lowest BCUT2D eigenvalue weighted by Gasteiger charge is -2.19. The first kappa shape index (κ1) is 19.9. The Balaban J connectivity index is 0.00000243. The summed E-state index contributed by atoms with van der Waals surface area (Å²) in [6.45, 7) is 7.89. The first-order chi connectivity index (χ1) is 11.7. The molecule has 0 aliphatic heterocycles. The number of benzene rings is 1. The van der Waals surface area contributed by atoms with Crippen LogP contribution in [-0.2, 0) is 0 Å². The summed E-state index contributed by atoms with van der Waals surface area (Å²) in [6, 6.07) is 9.72. The lowest BCUT2D eigenvalue weighted by atomic mass is 10.0. The maximum absolute atomic E-state index is 12.7. The molecule has 1 aromatic carbocycles. The molecule has 0 aliphatic carbocycles. The Morgan fingerprint density at radius 2 is 1.88 bits per heavy atom. The molecule has 0 unspecified atom stereocenters. The summed E-state index contributed by atoms with van der Waals surface area (Å²) >= 11 is 0. The summed E-state index contributed by atoms with van der Waals surface area (Å²) in [4.78, 5) is 17.2. The average molecular weight is 375 g/mol. The Labute approximate surface area is 158 Å². The standard InChI is InChI=1S/C19H22N4O2.ClH/c1-11-5-7-13(8-6-11)15-9-14(17(24)21-10-19(3,4)20)16-12(2)23-25-18(16)22-15;/h5-9H,10,20H2,1-4H3,(H,21,24);1H. The molecule has 2 aromatic heterocycles. The Hall–Kier alpha value is -2.44. The summed E-state index contributed by atoms with van der Waals surface area (Å²) in [6.07, 6.45) is 0. The molecule has 0 saturated carbocycles. The van der Waals surface area contributed by atoms with Crippen LogP contribution in [0.5, 0.6) is 0 Å². The van der Waals surface area contributed by atoms with Gasteiger partial charge in [0.2, 0.25) is 0 Å². The van der Waals surface area contributed by atoms with Gasteiger partial charge in [0.05, 0.1) is 22.3 Å². The topological polar surface area (TPSA) is 94.0 Å². The molecule has 3 aromatic rings. The SMILES string of the molecule is Cc1ccc(-c2cc(C(=O)NCC(C)(C)N)c3c(C)noc3n2)cc1.Cl. The Morgan fingerprint density at radius 3 is 2.50 bits per heavy atom. The molecule has 6 nitrogen and oxygen atoms in total. The minimum Gasteiger partial charge on any atom is -0.350 e. The van der Waals surface area contributed by atoms with Gasteiger partial charge in [-0.3, -0.25) is 4.79 Å². The smallest absolute Gasteiger partial charge is 0.259 e. The largest absolute Gasteiger partial charge is 0.350 e. The first-order valence-electron chi connectivity index (χ1n) is 8.16. The Morgan fingerprint density at radius 1 is 1.23 bits per heavy atom. The number of aromatic nitrogens is 2. The number of carbonyl (C=O) groups is 1. The van der Waals surface area contributed by atoms with Gasteiger partial charge in [0.25, 0.3) is 11.6 Å². The predicted molar refractivity (Wildman–Crippen MR) is 105 cm³/mol. The quantitative estimate of drug-likeness (QED) is 0.729. The highest BCUT2D eigenvalue weighted by Gasteiger charge is 2.20. The zero-order valence-electron chi connectivity index (χ0n) is 15.3. The van der Waals surface area contributed by atoms with Crippen molar-refractivity contribution < 1.29 is 9.32 Å². The van der Waals surface area contributed by atoms with Crippen molar-refractivity contribution in [2.24, 2.45) is 5.73 Å². The zero-order chi connectivity index (χ0) is 18.2. The summed E-state index contributed by atoms with van der Waals surface area (Å²) in [5.41, 5.74) is 9.68. The highest BCUT2D eigenvalue weighted by atomic mass is 35.5. The van der Waals surface area contributed by atoms with E-state index in [-0.39, 0.29) is 18.3 Å². The van der Waals surface area contributed by atoms with E-state index < -0.39 is 5.54 Å². The van der Waals surface area contributed by atoms with Crippen LogP contribution in [0.4, 0.5) is 0 Å². The van der Waals surface area contributed by atoms with Crippen molar-refractivity contribution in [1.29, 1.82) is 0 Å². The van der Waals surface area contributed by atoms with Crippen LogP contribution in [0.3, 0.4) is 0 Å². The third-order valence-corrected chi connectivity index (χ3v) is 3.91. The molecule has 0 spiro atoms. The second-order valence-electron chi connectivity index (χ2n) is 7.04. The van der Waals surface area contributed by atoms with Crippen molar-refractivity contribution in [1.82, 2.24) is 15.5 Å². The number of fused-ring (bicyclic) bond motifs is 1. The second kappa shape index (κ2) is 7.43. The van der Waals surface area contributed by atoms with Crippen molar-refractivity contribution in [3.05, 3.63) is 47.2 Å². The second-order valence-corrected chi connectivity index (χ2v) is 7.04. The van der Waals surface area contributed by atoms with E-state index in [9.17, 15) is 4.79 Å². The van der Waals surface area contributed by atoms with Gasteiger partial charge in [-0.05, 0) is 33.8 Å². The highest BCUT2D eigenvalue weighted by Crippen LogP contribution is 2.27.